The molecule has 0 bridgehead atoms. The number of allylic oxidation sites excluding steroid dienone is 9. The van der Waals surface area contributed by atoms with E-state index >= 15 is 0 Å². The maximum absolute atomic E-state index is 3.19. The Morgan fingerprint density at radius 2 is 2.08 bits per heavy atom. The second-order valence-corrected chi connectivity index (χ2v) is 7.50. The van der Waals surface area contributed by atoms with E-state index < -0.39 is 0 Å². The molecule has 0 radical (unpaired) electrons. The van der Waals surface area contributed by atoms with E-state index in [1.807, 2.05) is 7.05 Å². The van der Waals surface area contributed by atoms with Crippen molar-refractivity contribution in [2.45, 2.75) is 53.4 Å². The Balaban J connectivity index is 2.44. The van der Waals surface area contributed by atoms with Crippen LogP contribution in [-0.4, -0.2) is 7.05 Å². The zero-order valence-electron chi connectivity index (χ0n) is 16.2. The predicted octanol–water partition coefficient (Wildman–Crippen LogP) is 6.19. The van der Waals surface area contributed by atoms with Crippen molar-refractivity contribution < 1.29 is 0 Å². The number of hydrogen-bond acceptors (Lipinski definition) is 1. The Morgan fingerprint density at radius 3 is 2.71 bits per heavy atom. The van der Waals surface area contributed by atoms with Gasteiger partial charge in [0.25, 0.3) is 0 Å². The van der Waals surface area contributed by atoms with Crippen LogP contribution in [0.3, 0.4) is 0 Å². The molecule has 24 heavy (non-hydrogen) atoms. The lowest BCUT2D eigenvalue weighted by Crippen LogP contribution is -2.19. The van der Waals surface area contributed by atoms with E-state index in [1.165, 1.54) is 36.0 Å². The highest BCUT2D eigenvalue weighted by Crippen LogP contribution is 2.38. The monoisotopic (exact) mass is 325 g/mol. The second kappa shape index (κ2) is 9.11. The lowest BCUT2D eigenvalue weighted by molar-refractivity contribution is 0.378. The average Bonchev–Trinajstić information content (AvgIpc) is 2.62. The van der Waals surface area contributed by atoms with Gasteiger partial charge in [0.15, 0.2) is 0 Å². The van der Waals surface area contributed by atoms with Gasteiger partial charge in [-0.25, -0.2) is 0 Å². The van der Waals surface area contributed by atoms with Crippen molar-refractivity contribution >= 4 is 0 Å². The van der Waals surface area contributed by atoms with Gasteiger partial charge < -0.3 is 5.32 Å². The van der Waals surface area contributed by atoms with Crippen LogP contribution in [0.4, 0.5) is 0 Å². The van der Waals surface area contributed by atoms with Gasteiger partial charge in [0, 0.05) is 13.0 Å². The van der Waals surface area contributed by atoms with Gasteiger partial charge in [-0.15, -0.1) is 0 Å². The van der Waals surface area contributed by atoms with Crippen molar-refractivity contribution in [2.24, 2.45) is 23.7 Å². The third kappa shape index (κ3) is 4.53. The lowest BCUT2D eigenvalue weighted by atomic mass is 9.74. The van der Waals surface area contributed by atoms with Gasteiger partial charge >= 0.3 is 0 Å². The first-order valence-electron chi connectivity index (χ1n) is 9.72. The Kier molecular flexibility index (Phi) is 7.15. The van der Waals surface area contributed by atoms with Gasteiger partial charge in [-0.2, -0.15) is 0 Å². The fourth-order valence-electron chi connectivity index (χ4n) is 3.87. The first-order valence-corrected chi connectivity index (χ1v) is 9.72. The molecule has 3 atom stereocenters. The van der Waals surface area contributed by atoms with E-state index in [1.54, 1.807) is 0 Å². The molecule has 0 saturated carbocycles. The molecule has 0 aromatic carbocycles. The Hall–Kier alpha value is -1.50. The van der Waals surface area contributed by atoms with Gasteiger partial charge in [0.1, 0.15) is 0 Å². The molecule has 0 amide bonds. The van der Waals surface area contributed by atoms with Crippen molar-refractivity contribution in [1.82, 2.24) is 5.32 Å². The van der Waals surface area contributed by atoms with E-state index in [2.05, 4.69) is 75.7 Å². The van der Waals surface area contributed by atoms with Crippen LogP contribution in [0.5, 0.6) is 0 Å². The fourth-order valence-corrected chi connectivity index (χ4v) is 3.87. The van der Waals surface area contributed by atoms with Crippen LogP contribution in [0.15, 0.2) is 59.4 Å². The molecule has 0 aliphatic heterocycles. The molecule has 1 N–H and O–H groups in total. The Bertz CT molecular complexity index is 557. The van der Waals surface area contributed by atoms with Crippen LogP contribution in [0.25, 0.3) is 0 Å². The Labute approximate surface area is 149 Å². The summed E-state index contributed by atoms with van der Waals surface area (Å²) < 4.78 is 0. The molecule has 132 valence electrons. The van der Waals surface area contributed by atoms with Crippen LogP contribution < -0.4 is 5.32 Å². The molecule has 0 spiro atoms. The summed E-state index contributed by atoms with van der Waals surface area (Å²) in [6, 6.07) is 0. The number of hydrogen-bond donors (Lipinski definition) is 1. The van der Waals surface area contributed by atoms with Gasteiger partial charge in [-0.1, -0.05) is 63.6 Å². The highest BCUT2D eigenvalue weighted by Gasteiger charge is 2.26. The second-order valence-electron chi connectivity index (χ2n) is 7.50. The minimum atomic E-state index is 0.505. The average molecular weight is 326 g/mol. The molecular weight excluding hydrogens is 290 g/mol. The minimum absolute atomic E-state index is 0.505. The van der Waals surface area contributed by atoms with E-state index in [4.69, 9.17) is 0 Å². The molecule has 0 aromatic heterocycles. The molecular formula is C23H35N. The molecule has 1 heteroatoms. The van der Waals surface area contributed by atoms with Crippen molar-refractivity contribution in [3.8, 4) is 0 Å². The fraction of sp³-hybridized carbons (Fsp3) is 0.565. The van der Waals surface area contributed by atoms with Gasteiger partial charge in [0.05, 0.1) is 0 Å². The summed E-state index contributed by atoms with van der Waals surface area (Å²) in [6.07, 6.45) is 21.2. The van der Waals surface area contributed by atoms with Crippen molar-refractivity contribution in [3.63, 3.8) is 0 Å². The largest absolute Gasteiger partial charge is 0.394 e. The van der Waals surface area contributed by atoms with Crippen LogP contribution in [0.2, 0.25) is 0 Å². The van der Waals surface area contributed by atoms with Crippen LogP contribution >= 0.6 is 0 Å². The summed E-state index contributed by atoms with van der Waals surface area (Å²) in [5.41, 5.74) is 4.52. The molecule has 0 saturated heterocycles. The van der Waals surface area contributed by atoms with Crippen molar-refractivity contribution in [1.29, 1.82) is 0 Å². The molecule has 2 aliphatic carbocycles. The summed E-state index contributed by atoms with van der Waals surface area (Å²) >= 11 is 0. The molecule has 0 heterocycles. The van der Waals surface area contributed by atoms with Gasteiger partial charge in [-0.3, -0.25) is 0 Å². The van der Waals surface area contributed by atoms with Gasteiger partial charge in [0.2, 0.25) is 0 Å². The highest BCUT2D eigenvalue weighted by molar-refractivity contribution is 5.42. The quantitative estimate of drug-likeness (QED) is 0.614. The van der Waals surface area contributed by atoms with Crippen molar-refractivity contribution in [3.05, 3.63) is 59.4 Å². The molecule has 1 nitrogen and oxygen atoms in total. The minimum Gasteiger partial charge on any atom is -0.394 e. The topological polar surface area (TPSA) is 12.0 Å². The summed E-state index contributed by atoms with van der Waals surface area (Å²) in [6.45, 7) is 9.28. The van der Waals surface area contributed by atoms with Crippen molar-refractivity contribution in [2.75, 3.05) is 7.05 Å². The normalized spacial score (nSPS) is 29.2. The number of rotatable bonds is 6. The molecule has 0 fully saturated rings. The first-order chi connectivity index (χ1) is 11.6. The Morgan fingerprint density at radius 1 is 1.29 bits per heavy atom. The molecule has 2 rings (SSSR count). The van der Waals surface area contributed by atoms with Gasteiger partial charge in [-0.05, 0) is 66.9 Å². The zero-order chi connectivity index (χ0) is 17.5. The SMILES string of the molecule is CCC1=CC(C(/C=C\NC)=C2\C=CCC(C(C)C)C2)C(CC)C=C1. The smallest absolute Gasteiger partial charge is 0.00898 e. The van der Waals surface area contributed by atoms with E-state index in [-0.39, 0.29) is 0 Å². The maximum Gasteiger partial charge on any atom is 0.00898 e. The van der Waals surface area contributed by atoms with E-state index in [0.717, 1.165) is 18.3 Å². The predicted molar refractivity (Wildman–Crippen MR) is 107 cm³/mol. The van der Waals surface area contributed by atoms with Crippen LogP contribution in [0.1, 0.15) is 53.4 Å². The molecule has 0 aromatic rings. The summed E-state index contributed by atoms with van der Waals surface area (Å²) in [7, 11) is 1.98. The van der Waals surface area contributed by atoms with E-state index in [0.29, 0.717) is 11.8 Å². The highest BCUT2D eigenvalue weighted by atomic mass is 14.8. The first kappa shape index (κ1) is 18.8. The third-order valence-corrected chi connectivity index (χ3v) is 5.63. The molecule has 2 aliphatic rings. The number of nitrogens with one attached hydrogen (secondary N) is 1. The van der Waals surface area contributed by atoms with Crippen LogP contribution in [0, 0.1) is 23.7 Å². The summed E-state index contributed by atoms with van der Waals surface area (Å²) in [4.78, 5) is 0. The summed E-state index contributed by atoms with van der Waals surface area (Å²) in [5, 5.41) is 3.19. The summed E-state index contributed by atoms with van der Waals surface area (Å²) in [5.74, 6) is 2.63. The van der Waals surface area contributed by atoms with E-state index in [9.17, 15) is 0 Å². The maximum atomic E-state index is 3.19. The lowest BCUT2D eigenvalue weighted by Gasteiger charge is -2.31. The third-order valence-electron chi connectivity index (χ3n) is 5.63. The standard InChI is InChI=1S/C23H35N/c1-6-18-11-12-19(7-2)23(15-18)22(13-14-24-5)21-10-8-9-20(16-21)17(3)4/h8,10-15,17,19-20,23-24H,6-7,9,16H2,1-5H3/b14-13-,22-21+. The zero-order valence-corrected chi connectivity index (χ0v) is 16.2. The molecule has 3 unspecified atom stereocenters. The van der Waals surface area contributed by atoms with Crippen LogP contribution in [-0.2, 0) is 0 Å².